The smallest absolute Gasteiger partial charge is 0.126 e. The van der Waals surface area contributed by atoms with Crippen LogP contribution in [0, 0.1) is 11.6 Å². The molecule has 0 aliphatic heterocycles. The molecule has 2 nitrogen and oxygen atoms in total. The van der Waals surface area contributed by atoms with Crippen molar-refractivity contribution < 1.29 is 8.78 Å². The Bertz CT molecular complexity index is 766. The van der Waals surface area contributed by atoms with Crippen LogP contribution in [-0.2, 0) is 0 Å². The summed E-state index contributed by atoms with van der Waals surface area (Å²) >= 11 is 0. The molecule has 1 atom stereocenters. The molecule has 3 rings (SSSR count). The zero-order valence-corrected chi connectivity index (χ0v) is 11.5. The third-order valence-electron chi connectivity index (χ3n) is 3.47. The second kappa shape index (κ2) is 5.58. The summed E-state index contributed by atoms with van der Waals surface area (Å²) in [5.41, 5.74) is 2.31. The number of benzene rings is 2. The van der Waals surface area contributed by atoms with Crippen molar-refractivity contribution in [2.24, 2.45) is 0 Å². The molecule has 1 aromatic heterocycles. The highest BCUT2D eigenvalue weighted by molar-refractivity contribution is 5.79. The highest BCUT2D eigenvalue weighted by atomic mass is 19.1. The van der Waals surface area contributed by atoms with Gasteiger partial charge in [-0.1, -0.05) is 18.2 Å². The van der Waals surface area contributed by atoms with Gasteiger partial charge in [0.25, 0.3) is 0 Å². The van der Waals surface area contributed by atoms with Crippen LogP contribution in [0.3, 0.4) is 0 Å². The lowest BCUT2D eigenvalue weighted by atomic mass is 9.97. The van der Waals surface area contributed by atoms with Crippen molar-refractivity contribution in [3.8, 4) is 0 Å². The van der Waals surface area contributed by atoms with E-state index in [4.69, 9.17) is 0 Å². The first kappa shape index (κ1) is 13.6. The molecule has 0 spiro atoms. The molecule has 1 N–H and O–H groups in total. The van der Waals surface area contributed by atoms with Crippen molar-refractivity contribution in [1.29, 1.82) is 0 Å². The Balaban J connectivity index is 2.08. The summed E-state index contributed by atoms with van der Waals surface area (Å²) in [5.74, 6) is -1.16. The Morgan fingerprint density at radius 2 is 1.71 bits per heavy atom. The largest absolute Gasteiger partial charge is 0.309 e. The number of rotatable bonds is 3. The lowest BCUT2D eigenvalue weighted by molar-refractivity contribution is 0.572. The van der Waals surface area contributed by atoms with E-state index in [0.29, 0.717) is 5.56 Å². The standard InChI is InChI=1S/C17H14F2N2/c1-20-17(13-7-14(18)10-15(19)8-13)12-5-4-11-3-2-6-21-16(11)9-12/h2-10,17,20H,1H3. The first-order valence-corrected chi connectivity index (χ1v) is 6.65. The van der Waals surface area contributed by atoms with Crippen LogP contribution in [-0.4, -0.2) is 12.0 Å². The Labute approximate surface area is 121 Å². The predicted octanol–water partition coefficient (Wildman–Crippen LogP) is 3.82. The fourth-order valence-electron chi connectivity index (χ4n) is 2.53. The molecule has 1 unspecified atom stereocenters. The number of pyridine rings is 1. The number of hydrogen-bond donors (Lipinski definition) is 1. The van der Waals surface area contributed by atoms with Crippen molar-refractivity contribution >= 4 is 10.9 Å². The molecule has 0 bridgehead atoms. The van der Waals surface area contributed by atoms with Crippen molar-refractivity contribution in [2.75, 3.05) is 7.05 Å². The van der Waals surface area contributed by atoms with Gasteiger partial charge in [0, 0.05) is 17.6 Å². The van der Waals surface area contributed by atoms with Crippen molar-refractivity contribution in [3.63, 3.8) is 0 Å². The highest BCUT2D eigenvalue weighted by Gasteiger charge is 2.14. The molecule has 0 fully saturated rings. The summed E-state index contributed by atoms with van der Waals surface area (Å²) in [6, 6.07) is 12.9. The zero-order chi connectivity index (χ0) is 14.8. The normalized spacial score (nSPS) is 12.5. The van der Waals surface area contributed by atoms with E-state index in [2.05, 4.69) is 10.3 Å². The molecule has 21 heavy (non-hydrogen) atoms. The molecule has 0 saturated carbocycles. The zero-order valence-electron chi connectivity index (χ0n) is 11.5. The summed E-state index contributed by atoms with van der Waals surface area (Å²) in [4.78, 5) is 4.31. The van der Waals surface area contributed by atoms with Gasteiger partial charge in [0.2, 0.25) is 0 Å². The van der Waals surface area contributed by atoms with Crippen LogP contribution in [0.15, 0.2) is 54.7 Å². The summed E-state index contributed by atoms with van der Waals surface area (Å²) in [6.45, 7) is 0. The third-order valence-corrected chi connectivity index (χ3v) is 3.47. The van der Waals surface area contributed by atoms with Gasteiger partial charge in [0.15, 0.2) is 0 Å². The maximum absolute atomic E-state index is 13.4. The van der Waals surface area contributed by atoms with E-state index in [-0.39, 0.29) is 6.04 Å². The monoisotopic (exact) mass is 284 g/mol. The van der Waals surface area contributed by atoms with Gasteiger partial charge >= 0.3 is 0 Å². The van der Waals surface area contributed by atoms with Crippen LogP contribution in [0.25, 0.3) is 10.9 Å². The van der Waals surface area contributed by atoms with Gasteiger partial charge in [-0.15, -0.1) is 0 Å². The van der Waals surface area contributed by atoms with Gasteiger partial charge in [-0.25, -0.2) is 8.78 Å². The molecular formula is C17H14F2N2. The van der Waals surface area contributed by atoms with E-state index in [1.807, 2.05) is 30.3 Å². The van der Waals surface area contributed by atoms with E-state index >= 15 is 0 Å². The summed E-state index contributed by atoms with van der Waals surface area (Å²) in [5, 5.41) is 4.12. The molecule has 0 radical (unpaired) electrons. The molecule has 1 heterocycles. The summed E-state index contributed by atoms with van der Waals surface area (Å²) in [7, 11) is 1.76. The van der Waals surface area contributed by atoms with Gasteiger partial charge in [0.1, 0.15) is 11.6 Å². The molecule has 4 heteroatoms. The maximum Gasteiger partial charge on any atom is 0.126 e. The Morgan fingerprint density at radius 1 is 0.952 bits per heavy atom. The quantitative estimate of drug-likeness (QED) is 0.791. The minimum Gasteiger partial charge on any atom is -0.309 e. The maximum atomic E-state index is 13.4. The Hall–Kier alpha value is -2.33. The number of fused-ring (bicyclic) bond motifs is 1. The summed E-state index contributed by atoms with van der Waals surface area (Å²) < 4.78 is 26.8. The van der Waals surface area contributed by atoms with E-state index in [1.54, 1.807) is 13.2 Å². The fraction of sp³-hybridized carbons (Fsp3) is 0.118. The van der Waals surface area contributed by atoms with Gasteiger partial charge in [0.05, 0.1) is 11.6 Å². The van der Waals surface area contributed by atoms with Crippen LogP contribution >= 0.6 is 0 Å². The van der Waals surface area contributed by atoms with Gasteiger partial charge in [-0.05, 0) is 42.4 Å². The first-order valence-electron chi connectivity index (χ1n) is 6.65. The minimum absolute atomic E-state index is 0.290. The van der Waals surface area contributed by atoms with Crippen molar-refractivity contribution in [2.45, 2.75) is 6.04 Å². The van der Waals surface area contributed by atoms with Crippen LogP contribution in [0.2, 0.25) is 0 Å². The van der Waals surface area contributed by atoms with Gasteiger partial charge in [-0.2, -0.15) is 0 Å². The van der Waals surface area contributed by atoms with E-state index < -0.39 is 11.6 Å². The molecule has 0 aliphatic carbocycles. The third kappa shape index (κ3) is 2.76. The van der Waals surface area contributed by atoms with Gasteiger partial charge < -0.3 is 5.32 Å². The Morgan fingerprint density at radius 3 is 2.43 bits per heavy atom. The molecule has 0 amide bonds. The molecule has 2 aromatic carbocycles. The van der Waals surface area contributed by atoms with Crippen LogP contribution in [0.1, 0.15) is 17.2 Å². The van der Waals surface area contributed by atoms with Crippen LogP contribution in [0.4, 0.5) is 8.78 Å². The first-order chi connectivity index (χ1) is 10.2. The van der Waals surface area contributed by atoms with Crippen molar-refractivity contribution in [1.82, 2.24) is 10.3 Å². The molecule has 0 saturated heterocycles. The lowest BCUT2D eigenvalue weighted by Gasteiger charge is -2.18. The second-order valence-electron chi connectivity index (χ2n) is 4.88. The highest BCUT2D eigenvalue weighted by Crippen LogP contribution is 2.25. The molecule has 3 aromatic rings. The topological polar surface area (TPSA) is 24.9 Å². The van der Waals surface area contributed by atoms with Crippen molar-refractivity contribution in [3.05, 3.63) is 77.5 Å². The SMILES string of the molecule is CNC(c1cc(F)cc(F)c1)c1ccc2cccnc2c1. The van der Waals surface area contributed by atoms with Crippen LogP contribution < -0.4 is 5.32 Å². The number of nitrogens with zero attached hydrogens (tertiary/aromatic N) is 1. The fourth-order valence-corrected chi connectivity index (χ4v) is 2.53. The number of halogens is 2. The average molecular weight is 284 g/mol. The second-order valence-corrected chi connectivity index (χ2v) is 4.88. The molecule has 0 aliphatic rings. The van der Waals surface area contributed by atoms with Gasteiger partial charge in [-0.3, -0.25) is 4.98 Å². The predicted molar refractivity (Wildman–Crippen MR) is 79.0 cm³/mol. The number of nitrogens with one attached hydrogen (secondary N) is 1. The lowest BCUT2D eigenvalue weighted by Crippen LogP contribution is -2.18. The Kier molecular flexibility index (Phi) is 3.62. The van der Waals surface area contributed by atoms with E-state index in [1.165, 1.54) is 12.1 Å². The number of aromatic nitrogens is 1. The van der Waals surface area contributed by atoms with E-state index in [9.17, 15) is 8.78 Å². The molecular weight excluding hydrogens is 270 g/mol. The molecule has 106 valence electrons. The minimum atomic E-state index is -0.579. The number of hydrogen-bond acceptors (Lipinski definition) is 2. The average Bonchev–Trinajstić information content (AvgIpc) is 2.47. The van der Waals surface area contributed by atoms with E-state index in [0.717, 1.165) is 22.5 Å². The summed E-state index contributed by atoms with van der Waals surface area (Å²) in [6.07, 6.45) is 1.72. The van der Waals surface area contributed by atoms with Crippen LogP contribution in [0.5, 0.6) is 0 Å².